The Morgan fingerprint density at radius 1 is 1.23 bits per heavy atom. The van der Waals surface area contributed by atoms with E-state index in [1.54, 1.807) is 24.3 Å². The molecule has 0 aromatic heterocycles. The van der Waals surface area contributed by atoms with Crippen LogP contribution in [0.3, 0.4) is 0 Å². The number of para-hydroxylation sites is 1. The number of halogens is 2. The normalized spacial score (nSPS) is 18.8. The highest BCUT2D eigenvalue weighted by Crippen LogP contribution is 2.31. The first kappa shape index (κ1) is 17.9. The standard InChI is InChI=1S/C18H14ClFN2O4/c19-13-3-1-2-4-14(13)21-16(23)10-18(17(24)25)9-15(22-26-18)11-5-7-12(20)8-6-11/h1-8H,9-10H2,(H,21,23)(H,24,25)/t18-/m0/s1. The molecule has 0 unspecified atom stereocenters. The Hall–Kier alpha value is -2.93. The van der Waals surface area contributed by atoms with Gasteiger partial charge < -0.3 is 15.3 Å². The summed E-state index contributed by atoms with van der Waals surface area (Å²) in [6, 6.07) is 12.0. The Labute approximate surface area is 153 Å². The van der Waals surface area contributed by atoms with Gasteiger partial charge in [0.15, 0.2) is 0 Å². The van der Waals surface area contributed by atoms with Gasteiger partial charge in [0.2, 0.25) is 11.5 Å². The van der Waals surface area contributed by atoms with E-state index >= 15 is 0 Å². The highest BCUT2D eigenvalue weighted by molar-refractivity contribution is 6.33. The van der Waals surface area contributed by atoms with Gasteiger partial charge in [-0.15, -0.1) is 0 Å². The Bertz CT molecular complexity index is 885. The van der Waals surface area contributed by atoms with E-state index in [4.69, 9.17) is 16.4 Å². The first-order chi connectivity index (χ1) is 12.4. The first-order valence-corrected chi connectivity index (χ1v) is 8.06. The van der Waals surface area contributed by atoms with Crippen molar-refractivity contribution in [1.82, 2.24) is 0 Å². The fraction of sp³-hybridized carbons (Fsp3) is 0.167. The number of hydrogen-bond donors (Lipinski definition) is 2. The average molecular weight is 377 g/mol. The van der Waals surface area contributed by atoms with Crippen LogP contribution >= 0.6 is 11.6 Å². The van der Waals surface area contributed by atoms with E-state index in [1.807, 2.05) is 0 Å². The van der Waals surface area contributed by atoms with Crippen LogP contribution in [0.15, 0.2) is 53.7 Å². The van der Waals surface area contributed by atoms with Gasteiger partial charge in [-0.05, 0) is 29.8 Å². The monoisotopic (exact) mass is 376 g/mol. The van der Waals surface area contributed by atoms with E-state index < -0.39 is 29.7 Å². The summed E-state index contributed by atoms with van der Waals surface area (Å²) in [4.78, 5) is 29.2. The molecular weight excluding hydrogens is 363 g/mol. The van der Waals surface area contributed by atoms with E-state index in [9.17, 15) is 19.1 Å². The molecule has 8 heteroatoms. The molecule has 1 heterocycles. The van der Waals surface area contributed by atoms with Crippen LogP contribution < -0.4 is 5.32 Å². The number of carbonyl (C=O) groups is 2. The molecule has 2 N–H and O–H groups in total. The molecule has 2 aromatic rings. The molecule has 1 atom stereocenters. The number of aliphatic carboxylic acids is 1. The minimum atomic E-state index is -1.82. The maximum atomic E-state index is 13.0. The minimum absolute atomic E-state index is 0.121. The zero-order valence-electron chi connectivity index (χ0n) is 13.4. The van der Waals surface area contributed by atoms with E-state index in [2.05, 4.69) is 10.5 Å². The summed E-state index contributed by atoms with van der Waals surface area (Å²) in [5.74, 6) is -2.30. The second kappa shape index (κ2) is 7.13. The molecule has 0 radical (unpaired) electrons. The minimum Gasteiger partial charge on any atom is -0.478 e. The van der Waals surface area contributed by atoms with Crippen LogP contribution in [0, 0.1) is 5.82 Å². The van der Waals surface area contributed by atoms with Crippen LogP contribution in [-0.4, -0.2) is 28.3 Å². The number of amides is 1. The average Bonchev–Trinajstić information content (AvgIpc) is 3.03. The highest BCUT2D eigenvalue weighted by Gasteiger charge is 2.49. The number of rotatable bonds is 5. The molecule has 1 amide bonds. The Balaban J connectivity index is 1.74. The van der Waals surface area contributed by atoms with E-state index in [1.165, 1.54) is 24.3 Å². The van der Waals surface area contributed by atoms with E-state index in [0.29, 0.717) is 22.0 Å². The third-order valence-corrected chi connectivity index (χ3v) is 4.27. The number of carboxylic acids is 1. The lowest BCUT2D eigenvalue weighted by Crippen LogP contribution is -2.42. The van der Waals surface area contributed by atoms with Crippen molar-refractivity contribution in [1.29, 1.82) is 0 Å². The summed E-state index contributed by atoms with van der Waals surface area (Å²) in [6.07, 6.45) is -0.578. The third kappa shape index (κ3) is 3.67. The Kier molecular flexibility index (Phi) is 4.90. The zero-order valence-corrected chi connectivity index (χ0v) is 14.2. The van der Waals surface area contributed by atoms with Gasteiger partial charge in [-0.3, -0.25) is 4.79 Å². The van der Waals surface area contributed by atoms with Crippen molar-refractivity contribution < 1.29 is 23.9 Å². The number of hydrogen-bond acceptors (Lipinski definition) is 4. The second-order valence-corrected chi connectivity index (χ2v) is 6.22. The SMILES string of the molecule is O=C(C[C@]1(C(=O)O)CC(c2ccc(F)cc2)=NO1)Nc1ccccc1Cl. The van der Waals surface area contributed by atoms with Crippen molar-refractivity contribution in [3.63, 3.8) is 0 Å². The summed E-state index contributed by atoms with van der Waals surface area (Å²) in [5, 5.41) is 16.3. The van der Waals surface area contributed by atoms with Crippen LogP contribution in [0.1, 0.15) is 18.4 Å². The topological polar surface area (TPSA) is 88.0 Å². The van der Waals surface area contributed by atoms with Crippen LogP contribution in [-0.2, 0) is 14.4 Å². The molecule has 0 saturated heterocycles. The molecule has 134 valence electrons. The predicted octanol–water partition coefficient (Wildman–Crippen LogP) is 3.46. The Morgan fingerprint density at radius 2 is 1.92 bits per heavy atom. The molecule has 0 aliphatic carbocycles. The Morgan fingerprint density at radius 3 is 2.58 bits per heavy atom. The van der Waals surface area contributed by atoms with Gasteiger partial charge in [0.1, 0.15) is 5.82 Å². The van der Waals surface area contributed by atoms with E-state index in [0.717, 1.165) is 0 Å². The number of nitrogens with one attached hydrogen (secondary N) is 1. The summed E-state index contributed by atoms with van der Waals surface area (Å²) in [6.45, 7) is 0. The lowest BCUT2D eigenvalue weighted by molar-refractivity contribution is -0.165. The van der Waals surface area contributed by atoms with Crippen LogP contribution in [0.5, 0.6) is 0 Å². The lowest BCUT2D eigenvalue weighted by Gasteiger charge is -2.21. The molecule has 0 fully saturated rings. The van der Waals surface area contributed by atoms with Crippen molar-refractivity contribution >= 4 is 34.9 Å². The molecule has 6 nitrogen and oxygen atoms in total. The molecular formula is C18H14ClFN2O4. The van der Waals surface area contributed by atoms with Gasteiger partial charge in [-0.2, -0.15) is 0 Å². The molecule has 0 bridgehead atoms. The predicted molar refractivity (Wildman–Crippen MR) is 93.7 cm³/mol. The van der Waals surface area contributed by atoms with Gasteiger partial charge in [-0.25, -0.2) is 9.18 Å². The molecule has 3 rings (SSSR count). The molecule has 0 saturated carbocycles. The summed E-state index contributed by atoms with van der Waals surface area (Å²) >= 11 is 5.98. The number of carboxylic acid groups (broad SMARTS) is 1. The van der Waals surface area contributed by atoms with Gasteiger partial charge in [0.05, 0.1) is 22.8 Å². The van der Waals surface area contributed by atoms with Gasteiger partial charge in [0, 0.05) is 6.42 Å². The fourth-order valence-corrected chi connectivity index (χ4v) is 2.76. The fourth-order valence-electron chi connectivity index (χ4n) is 2.58. The number of benzene rings is 2. The summed E-state index contributed by atoms with van der Waals surface area (Å²) < 4.78 is 13.0. The molecule has 26 heavy (non-hydrogen) atoms. The number of anilines is 1. The number of nitrogens with zero attached hydrogens (tertiary/aromatic N) is 1. The number of carbonyl (C=O) groups excluding carboxylic acids is 1. The largest absolute Gasteiger partial charge is 0.478 e. The van der Waals surface area contributed by atoms with Crippen molar-refractivity contribution in [2.45, 2.75) is 18.4 Å². The molecule has 1 aliphatic heterocycles. The number of oxime groups is 1. The van der Waals surface area contributed by atoms with Crippen molar-refractivity contribution in [3.05, 3.63) is 64.9 Å². The summed E-state index contributed by atoms with van der Waals surface area (Å²) in [7, 11) is 0. The summed E-state index contributed by atoms with van der Waals surface area (Å²) in [5.41, 5.74) is -0.592. The van der Waals surface area contributed by atoms with Crippen molar-refractivity contribution in [3.8, 4) is 0 Å². The third-order valence-electron chi connectivity index (χ3n) is 3.94. The van der Waals surface area contributed by atoms with Gasteiger partial charge in [0.25, 0.3) is 0 Å². The van der Waals surface area contributed by atoms with Crippen LogP contribution in [0.25, 0.3) is 0 Å². The maximum absolute atomic E-state index is 13.0. The first-order valence-electron chi connectivity index (χ1n) is 7.68. The maximum Gasteiger partial charge on any atom is 0.351 e. The lowest BCUT2D eigenvalue weighted by atomic mass is 9.91. The second-order valence-electron chi connectivity index (χ2n) is 5.82. The quantitative estimate of drug-likeness (QED) is 0.836. The zero-order chi connectivity index (χ0) is 18.7. The smallest absolute Gasteiger partial charge is 0.351 e. The van der Waals surface area contributed by atoms with Gasteiger partial charge >= 0.3 is 5.97 Å². The van der Waals surface area contributed by atoms with Crippen molar-refractivity contribution in [2.24, 2.45) is 5.16 Å². The molecule has 2 aromatic carbocycles. The van der Waals surface area contributed by atoms with E-state index in [-0.39, 0.29) is 6.42 Å². The van der Waals surface area contributed by atoms with Gasteiger partial charge in [-0.1, -0.05) is 41.0 Å². The van der Waals surface area contributed by atoms with Crippen LogP contribution in [0.2, 0.25) is 5.02 Å². The van der Waals surface area contributed by atoms with Crippen LogP contribution in [0.4, 0.5) is 10.1 Å². The molecule has 1 aliphatic rings. The van der Waals surface area contributed by atoms with Crippen molar-refractivity contribution in [2.75, 3.05) is 5.32 Å². The molecule has 0 spiro atoms. The highest BCUT2D eigenvalue weighted by atomic mass is 35.5.